The number of nitrogens with one attached hydrogen (secondary N) is 13. The number of hydrogen-bond acceptors (Lipinski definition) is 24. The molecule has 0 unspecified atom stereocenters. The van der Waals surface area contributed by atoms with Crippen molar-refractivity contribution >= 4 is 140 Å². The fourth-order valence-corrected chi connectivity index (χ4v) is 16.9. The molecule has 3 aromatic heterocycles. The number of aromatic nitrogens is 4. The number of amides is 17. The van der Waals surface area contributed by atoms with Crippen molar-refractivity contribution < 1.29 is 107 Å². The predicted octanol–water partition coefficient (Wildman–Crippen LogP) is -4.41. The normalized spacial score (nSPS) is 25.0. The van der Waals surface area contributed by atoms with E-state index in [4.69, 9.17) is 17.2 Å². The quantitative estimate of drug-likeness (QED) is 0.0272. The summed E-state index contributed by atoms with van der Waals surface area (Å²) in [6.45, 7) is 1.60. The summed E-state index contributed by atoms with van der Waals surface area (Å²) in [5.74, 6) is -19.8. The number of para-hydroxylation sites is 2. The molecule has 0 aliphatic carbocycles. The number of nitrogens with two attached hydrogens (primary N) is 3. The zero-order valence-electron chi connectivity index (χ0n) is 74.1. The number of aromatic hydroxyl groups is 1. The summed E-state index contributed by atoms with van der Waals surface area (Å²) in [5, 5.41) is 69.7. The number of carboxylic acid groups (broad SMARTS) is 1. The van der Waals surface area contributed by atoms with Crippen LogP contribution in [0.4, 0.5) is 0 Å². The second-order valence-electron chi connectivity index (χ2n) is 33.0. The molecule has 132 heavy (non-hydrogen) atoms. The van der Waals surface area contributed by atoms with E-state index in [0.717, 1.165) is 36.3 Å². The van der Waals surface area contributed by atoms with Gasteiger partial charge in [0.15, 0.2) is 0 Å². The number of rotatable bonds is 24. The molecule has 44 nitrogen and oxygen atoms in total. The minimum Gasteiger partial charge on any atom is -0.508 e. The first-order valence-corrected chi connectivity index (χ1v) is 44.7. The molecule has 3 aliphatic rings. The molecule has 0 bridgehead atoms. The molecule has 45 heteroatoms. The predicted molar refractivity (Wildman–Crippen MR) is 477 cm³/mol. The maximum absolute atomic E-state index is 15.6. The maximum atomic E-state index is 15.6. The number of carbonyl (C=O) groups excluding carboxylic acids is 17. The van der Waals surface area contributed by atoms with E-state index in [1.807, 2.05) is 13.8 Å². The number of aliphatic hydroxyl groups excluding tert-OH is 2. The van der Waals surface area contributed by atoms with E-state index in [1.165, 1.54) is 64.9 Å². The van der Waals surface area contributed by atoms with E-state index in [1.54, 1.807) is 60.9 Å². The molecule has 6 heterocycles. The van der Waals surface area contributed by atoms with E-state index in [-0.39, 0.29) is 62.9 Å². The Bertz CT molecular complexity index is 5150. The number of hydrogen-bond donors (Lipinski definition) is 20. The number of carbonyl (C=O) groups is 18. The van der Waals surface area contributed by atoms with Crippen LogP contribution in [-0.2, 0) is 112 Å². The number of phenols is 1. The Morgan fingerprint density at radius 2 is 1.08 bits per heavy atom. The van der Waals surface area contributed by atoms with Crippen molar-refractivity contribution in [2.45, 2.75) is 214 Å². The number of imidazole rings is 1. The lowest BCUT2D eigenvalue weighted by atomic mass is 10.00. The fraction of sp³-hybridized carbons (Fsp3) is 0.506. The van der Waals surface area contributed by atoms with Gasteiger partial charge in [0.2, 0.25) is 100 Å². The van der Waals surface area contributed by atoms with Gasteiger partial charge >= 0.3 is 5.97 Å². The largest absolute Gasteiger partial charge is 0.508 e. The molecule has 9 rings (SSSR count). The van der Waals surface area contributed by atoms with Gasteiger partial charge < -0.3 is 130 Å². The number of phenolic OH excluding ortho intramolecular Hbond substituents is 1. The number of aliphatic carboxylic acids is 1. The van der Waals surface area contributed by atoms with Crippen LogP contribution >= 0.6 is 11.8 Å². The molecule has 0 radical (unpaired) electrons. The van der Waals surface area contributed by atoms with Gasteiger partial charge in [0.05, 0.1) is 43.5 Å². The second-order valence-corrected chi connectivity index (χ2v) is 34.0. The Hall–Kier alpha value is -13.6. The number of aliphatic hydroxyl groups is 2. The summed E-state index contributed by atoms with van der Waals surface area (Å²) in [6, 6.07) is -3.63. The lowest BCUT2D eigenvalue weighted by Crippen LogP contribution is -2.62. The van der Waals surface area contributed by atoms with E-state index < -0.39 is 267 Å². The Balaban J connectivity index is 1.09. The average Bonchev–Trinajstić information content (AvgIpc) is 1.59. The molecule has 17 amide bonds. The molecule has 3 fully saturated rings. The zero-order chi connectivity index (χ0) is 96.3. The highest BCUT2D eigenvalue weighted by Crippen LogP contribution is 2.28. The highest BCUT2D eigenvalue weighted by Gasteiger charge is 2.47. The number of fused-ring (bicyclic) bond motifs is 4. The van der Waals surface area contributed by atoms with Crippen molar-refractivity contribution in [3.05, 3.63) is 120 Å². The van der Waals surface area contributed by atoms with Crippen LogP contribution < -0.4 is 70.4 Å². The monoisotopic (exact) mass is 1850 g/mol. The van der Waals surface area contributed by atoms with Gasteiger partial charge in [-0.15, -0.1) is 11.8 Å². The topological polar surface area (TPSA) is 663 Å². The summed E-state index contributed by atoms with van der Waals surface area (Å²) in [5.41, 5.74) is 19.9. The maximum Gasteiger partial charge on any atom is 0.305 e. The number of benzene rings is 3. The van der Waals surface area contributed by atoms with Gasteiger partial charge in [0, 0.05) is 125 Å². The number of aromatic amines is 3. The summed E-state index contributed by atoms with van der Waals surface area (Å²) < 4.78 is 0. The minimum atomic E-state index is -1.94. The highest BCUT2D eigenvalue weighted by atomic mass is 32.2. The van der Waals surface area contributed by atoms with Crippen LogP contribution in [0.2, 0.25) is 0 Å². The number of nitrogens with zero attached hydrogens (tertiary/aromatic N) is 6. The van der Waals surface area contributed by atoms with Gasteiger partial charge in [0.25, 0.3) is 0 Å². The van der Waals surface area contributed by atoms with Crippen LogP contribution in [0.1, 0.15) is 120 Å². The number of likely N-dealkylation sites (N-methyl/N-ethyl adjacent to an activating group) is 3. The van der Waals surface area contributed by atoms with E-state index >= 15 is 33.6 Å². The lowest BCUT2D eigenvalue weighted by molar-refractivity contribution is -0.149. The lowest BCUT2D eigenvalue weighted by Gasteiger charge is -2.36. The molecule has 3 aromatic carbocycles. The Kier molecular flexibility index (Phi) is 37.4. The van der Waals surface area contributed by atoms with Crippen molar-refractivity contribution in [3.8, 4) is 5.75 Å². The van der Waals surface area contributed by atoms with Crippen LogP contribution in [0.25, 0.3) is 21.8 Å². The van der Waals surface area contributed by atoms with Crippen LogP contribution in [0.5, 0.6) is 5.75 Å². The number of carboxylic acids is 1. The van der Waals surface area contributed by atoms with Crippen molar-refractivity contribution in [2.75, 3.05) is 65.4 Å². The average molecular weight is 1860 g/mol. The first kappa shape index (κ1) is 102. The summed E-state index contributed by atoms with van der Waals surface area (Å²) in [7, 11) is 3.81. The van der Waals surface area contributed by atoms with Crippen LogP contribution in [0, 0.1) is 0 Å². The fourth-order valence-electron chi connectivity index (χ4n) is 16.0. The molecule has 6 aromatic rings. The summed E-state index contributed by atoms with van der Waals surface area (Å²) >= 11 is 0.737. The third-order valence-corrected chi connectivity index (χ3v) is 24.5. The van der Waals surface area contributed by atoms with Gasteiger partial charge in [-0.05, 0) is 80.0 Å². The summed E-state index contributed by atoms with van der Waals surface area (Å²) in [6.07, 6.45) is 1.86. The molecular weight excluding hydrogens is 1740 g/mol. The van der Waals surface area contributed by atoms with Crippen LogP contribution in [0.15, 0.2) is 97.7 Å². The second kappa shape index (κ2) is 48.4. The molecular formula is C87H118N22O22S. The molecule has 3 aliphatic heterocycles. The number of unbranched alkanes of at least 4 members (excludes halogenated alkanes) is 2. The third-order valence-electron chi connectivity index (χ3n) is 23.5. The first-order chi connectivity index (χ1) is 62.9. The summed E-state index contributed by atoms with van der Waals surface area (Å²) in [4.78, 5) is 279. The smallest absolute Gasteiger partial charge is 0.305 e. The van der Waals surface area contributed by atoms with Crippen molar-refractivity contribution in [1.82, 2.24) is 97.6 Å². The van der Waals surface area contributed by atoms with Crippen molar-refractivity contribution in [1.29, 1.82) is 0 Å². The van der Waals surface area contributed by atoms with E-state index in [0.29, 0.717) is 64.2 Å². The van der Waals surface area contributed by atoms with Crippen LogP contribution in [-0.4, -0.2) is 327 Å². The molecule has 23 N–H and O–H groups in total. The van der Waals surface area contributed by atoms with Gasteiger partial charge in [-0.2, -0.15) is 0 Å². The molecule has 0 saturated carbocycles. The SMILES string of the molecule is CCCC[C@H]1C(=O)N(C)[C@@H](CCCC)C(=O)N[C@@H](CN)C(=O)N[C@H](C(=O)NCC(N)=O)CSCC(=O)N[C@@H](Cc2ccc(O)cc2)C(=O)N(C)[C@@H](C)C(=O)N[C@@H](CC(=O)O)C(=O)N2CCC[C@H]2C(=O)N[C@@H](Cc2c[nH]cn2)C(=O)N[C@@H](CCC(N)=O)C(=O)N2C[C@H](O)C[C@H]2C(=O)N[C@@H](Cc2c[nH]c3ccccc23)C(=O)N[C@@H](CO)C(=O)N[C@@H](Cc2c[nH]c3ccccc23)C(=O)N1C. The zero-order valence-corrected chi connectivity index (χ0v) is 74.9. The Morgan fingerprint density at radius 1 is 0.545 bits per heavy atom. The van der Waals surface area contributed by atoms with E-state index in [9.17, 15) is 73.2 Å². The number of H-pyrrole nitrogens is 3. The van der Waals surface area contributed by atoms with Gasteiger partial charge in [-0.1, -0.05) is 88.1 Å². The Labute approximate surface area is 763 Å². The Morgan fingerprint density at radius 3 is 1.67 bits per heavy atom. The van der Waals surface area contributed by atoms with Gasteiger partial charge in [-0.25, -0.2) is 4.98 Å². The molecule has 15 atom stereocenters. The molecule has 714 valence electrons. The molecule has 0 spiro atoms. The van der Waals surface area contributed by atoms with E-state index in [2.05, 4.69) is 73.1 Å². The van der Waals surface area contributed by atoms with Gasteiger partial charge in [0.1, 0.15) is 90.3 Å². The standard InChI is InChI=1S/C87H118N22O22S/c1-7-9-20-66-80(124)102-63(36-88)78(122)104-65(75(119)94-40-71(90)114)43-132-44-72(115)96-60(30-47-23-25-51(111)26-24-47)83(127)105(4)46(3)74(118)100-62(35-73(116)117)86(130)108-29-15-22-67(108)81(125)99-59(33-50-39-91-45-95-50)77(121)97-57(27-28-70(89)113)85(129)109-41-52(112)34-69(109)82(126)98-58(31-48-37-92-55-18-13-11-16-53(48)55)76(120)103-64(42-110)79(123)101-61(32-49-38-93-56-19-14-12-17-54(49)56)84(128)107(6)68(21-10-8-2)87(131)106(66)5/h11-14,16-19,23-26,37-39,45-46,52,57-69,92-93,110-112H,7-10,15,20-22,27-36,40-44,88H2,1-6H3,(H2,89,113)(H2,90,114)(H,91,95)(H,94,119)(H,96,115)(H,97,121)(H,98,126)(H,99,125)(H,100,118)(H,101,123)(H,102,124)(H,103,120)(H,104,122)(H,116,117)/t46-,52+,57-,58-,59-,60-,61-,62-,63-,64-,65-,66-,67-,68-,69-/m0/s1. The minimum absolute atomic E-state index is 0.0192. The molecule has 3 saturated heterocycles. The van der Waals surface area contributed by atoms with Crippen molar-refractivity contribution in [2.24, 2.45) is 17.2 Å². The number of primary amides is 2. The third kappa shape index (κ3) is 27.5. The number of thioether (sulfide) groups is 1. The van der Waals surface area contributed by atoms with Crippen molar-refractivity contribution in [3.63, 3.8) is 0 Å². The van der Waals surface area contributed by atoms with Gasteiger partial charge in [-0.3, -0.25) is 86.3 Å². The highest BCUT2D eigenvalue weighted by molar-refractivity contribution is 8.00. The van der Waals surface area contributed by atoms with Crippen LogP contribution in [0.3, 0.4) is 0 Å². The first-order valence-electron chi connectivity index (χ1n) is 43.6.